The Labute approximate surface area is 101 Å². The number of hydrogen-bond donors (Lipinski definition) is 2. The molecule has 0 saturated heterocycles. The molecular weight excluding hydrogens is 226 g/mol. The number of amides is 2. The summed E-state index contributed by atoms with van der Waals surface area (Å²) in [5.41, 5.74) is 4.92. The molecule has 0 fully saturated rings. The summed E-state index contributed by atoms with van der Waals surface area (Å²) < 4.78 is 0. The van der Waals surface area contributed by atoms with E-state index in [9.17, 15) is 9.59 Å². The van der Waals surface area contributed by atoms with Gasteiger partial charge in [0.15, 0.2) is 0 Å². The Kier molecular flexibility index (Phi) is 9.03. The van der Waals surface area contributed by atoms with Crippen molar-refractivity contribution in [2.45, 2.75) is 6.92 Å². The van der Waals surface area contributed by atoms with Gasteiger partial charge in [0.1, 0.15) is 0 Å². The van der Waals surface area contributed by atoms with Crippen molar-refractivity contribution >= 4 is 23.6 Å². The first-order valence-corrected chi connectivity index (χ1v) is 6.37. The molecule has 0 aliphatic rings. The van der Waals surface area contributed by atoms with E-state index in [-0.39, 0.29) is 5.91 Å². The van der Waals surface area contributed by atoms with E-state index < -0.39 is 5.91 Å². The summed E-state index contributed by atoms with van der Waals surface area (Å²) in [6, 6.07) is 0. The van der Waals surface area contributed by atoms with E-state index in [1.807, 2.05) is 7.05 Å². The van der Waals surface area contributed by atoms with E-state index in [1.54, 1.807) is 0 Å². The zero-order valence-electron chi connectivity index (χ0n) is 9.86. The summed E-state index contributed by atoms with van der Waals surface area (Å²) in [6.07, 6.45) is 1.36. The van der Waals surface area contributed by atoms with Gasteiger partial charge in [0.2, 0.25) is 11.8 Å². The smallest absolute Gasteiger partial charge is 0.230 e. The second-order valence-corrected chi connectivity index (χ2v) is 4.40. The molecule has 0 aromatic rings. The highest BCUT2D eigenvalue weighted by atomic mass is 32.2. The van der Waals surface area contributed by atoms with Crippen molar-refractivity contribution in [2.75, 3.05) is 38.2 Å². The molecule has 0 aromatic carbocycles. The Bertz CT molecular complexity index is 224. The van der Waals surface area contributed by atoms with Crippen molar-refractivity contribution in [3.8, 4) is 0 Å². The average molecular weight is 246 g/mol. The standard InChI is InChI=1S/C10H20N3O2S/c1-3-13(2)6-5-12-10(15)8-16-7-4-9(11)14/h4H,3,5-8H2,1-2H3,(H2,11,14)(H,12,15). The highest BCUT2D eigenvalue weighted by Gasteiger charge is 2.02. The molecule has 0 aliphatic heterocycles. The fraction of sp³-hybridized carbons (Fsp3) is 0.700. The lowest BCUT2D eigenvalue weighted by atomic mass is 10.5. The van der Waals surface area contributed by atoms with E-state index in [4.69, 9.17) is 5.73 Å². The van der Waals surface area contributed by atoms with Gasteiger partial charge in [-0.2, -0.15) is 11.8 Å². The minimum Gasteiger partial charge on any atom is -0.369 e. The predicted octanol–water partition coefficient (Wildman–Crippen LogP) is -0.523. The van der Waals surface area contributed by atoms with Gasteiger partial charge in [0.25, 0.3) is 0 Å². The van der Waals surface area contributed by atoms with Crippen molar-refractivity contribution < 1.29 is 9.59 Å². The second-order valence-electron chi connectivity index (χ2n) is 3.37. The molecule has 0 spiro atoms. The minimum atomic E-state index is -0.447. The molecule has 0 bridgehead atoms. The molecule has 1 radical (unpaired) electrons. The van der Waals surface area contributed by atoms with Crippen LogP contribution < -0.4 is 11.1 Å². The van der Waals surface area contributed by atoms with E-state index in [1.165, 1.54) is 18.2 Å². The molecule has 3 N–H and O–H groups in total. The SMILES string of the molecule is CCN(C)CCNC(=O)CSC[CH]C(N)=O. The fourth-order valence-corrected chi connectivity index (χ4v) is 1.58. The highest BCUT2D eigenvalue weighted by molar-refractivity contribution is 8.00. The minimum absolute atomic E-state index is 0.00706. The molecule has 93 valence electrons. The summed E-state index contributed by atoms with van der Waals surface area (Å²) in [5, 5.41) is 2.80. The van der Waals surface area contributed by atoms with Gasteiger partial charge in [0.05, 0.1) is 12.2 Å². The van der Waals surface area contributed by atoms with Gasteiger partial charge in [-0.15, -0.1) is 0 Å². The molecule has 0 rings (SSSR count). The molecule has 5 nitrogen and oxygen atoms in total. The first kappa shape index (κ1) is 15.2. The summed E-state index contributed by atoms with van der Waals surface area (Å²) in [7, 11) is 2.00. The van der Waals surface area contributed by atoms with Crippen molar-refractivity contribution in [3.63, 3.8) is 0 Å². The maximum absolute atomic E-state index is 11.3. The summed E-state index contributed by atoms with van der Waals surface area (Å²) >= 11 is 1.37. The number of primary amides is 1. The maximum atomic E-state index is 11.3. The topological polar surface area (TPSA) is 75.4 Å². The maximum Gasteiger partial charge on any atom is 0.230 e. The Hall–Kier alpha value is -0.750. The third-order valence-electron chi connectivity index (χ3n) is 1.99. The van der Waals surface area contributed by atoms with Crippen LogP contribution in [-0.2, 0) is 9.59 Å². The zero-order valence-corrected chi connectivity index (χ0v) is 10.7. The number of hydrogen-bond acceptors (Lipinski definition) is 4. The molecule has 16 heavy (non-hydrogen) atoms. The Balaban J connectivity index is 3.34. The van der Waals surface area contributed by atoms with Crippen molar-refractivity contribution in [3.05, 3.63) is 6.42 Å². The van der Waals surface area contributed by atoms with E-state index >= 15 is 0 Å². The van der Waals surface area contributed by atoms with Gasteiger partial charge in [-0.05, 0) is 13.6 Å². The van der Waals surface area contributed by atoms with Gasteiger partial charge >= 0.3 is 0 Å². The Morgan fingerprint density at radius 1 is 1.50 bits per heavy atom. The van der Waals surface area contributed by atoms with Crippen LogP contribution in [0.5, 0.6) is 0 Å². The molecule has 0 heterocycles. The van der Waals surface area contributed by atoms with E-state index in [0.29, 0.717) is 18.1 Å². The van der Waals surface area contributed by atoms with Crippen LogP contribution in [0.4, 0.5) is 0 Å². The fourth-order valence-electron chi connectivity index (χ4n) is 0.888. The van der Waals surface area contributed by atoms with Crippen LogP contribution in [0.25, 0.3) is 0 Å². The largest absolute Gasteiger partial charge is 0.369 e. The van der Waals surface area contributed by atoms with Crippen LogP contribution in [0.2, 0.25) is 0 Å². The summed E-state index contributed by atoms with van der Waals surface area (Å²) in [5.74, 6) is 0.391. The Morgan fingerprint density at radius 3 is 2.75 bits per heavy atom. The number of rotatable bonds is 9. The van der Waals surface area contributed by atoms with Crippen molar-refractivity contribution in [1.82, 2.24) is 10.2 Å². The first-order chi connectivity index (χ1) is 7.56. The monoisotopic (exact) mass is 246 g/mol. The van der Waals surface area contributed by atoms with Crippen molar-refractivity contribution in [1.29, 1.82) is 0 Å². The summed E-state index contributed by atoms with van der Waals surface area (Å²) in [4.78, 5) is 23.8. The number of likely N-dealkylation sites (N-methyl/N-ethyl adjacent to an activating group) is 1. The second kappa shape index (κ2) is 9.47. The number of carbonyl (C=O) groups is 2. The van der Waals surface area contributed by atoms with Crippen LogP contribution >= 0.6 is 11.8 Å². The third-order valence-corrected chi connectivity index (χ3v) is 2.86. The van der Waals surface area contributed by atoms with Gasteiger partial charge in [-0.25, -0.2) is 0 Å². The predicted molar refractivity (Wildman–Crippen MR) is 67.0 cm³/mol. The van der Waals surface area contributed by atoms with Crippen LogP contribution in [0, 0.1) is 6.42 Å². The van der Waals surface area contributed by atoms with Gasteiger partial charge in [-0.1, -0.05) is 6.92 Å². The molecule has 0 atom stereocenters. The van der Waals surface area contributed by atoms with Crippen LogP contribution in [0.3, 0.4) is 0 Å². The lowest BCUT2D eigenvalue weighted by molar-refractivity contribution is -0.118. The average Bonchev–Trinajstić information content (AvgIpc) is 2.24. The zero-order chi connectivity index (χ0) is 12.4. The lowest BCUT2D eigenvalue weighted by Gasteiger charge is -2.13. The molecule has 0 unspecified atom stereocenters. The quantitative estimate of drug-likeness (QED) is 0.537. The van der Waals surface area contributed by atoms with Crippen molar-refractivity contribution in [2.24, 2.45) is 5.73 Å². The highest BCUT2D eigenvalue weighted by Crippen LogP contribution is 2.00. The lowest BCUT2D eigenvalue weighted by Crippen LogP contribution is -2.33. The van der Waals surface area contributed by atoms with Gasteiger partial charge in [0, 0.05) is 18.8 Å². The molecule has 6 heteroatoms. The van der Waals surface area contributed by atoms with Crippen LogP contribution in [0.15, 0.2) is 0 Å². The number of nitrogens with two attached hydrogens (primary N) is 1. The Morgan fingerprint density at radius 2 is 2.19 bits per heavy atom. The molecule has 0 aromatic heterocycles. The normalized spacial score (nSPS) is 10.4. The van der Waals surface area contributed by atoms with Gasteiger partial charge < -0.3 is 16.0 Å². The number of nitrogens with zero attached hydrogens (tertiary/aromatic N) is 1. The number of carbonyl (C=O) groups excluding carboxylic acids is 2. The summed E-state index contributed by atoms with van der Waals surface area (Å²) in [6.45, 7) is 4.54. The first-order valence-electron chi connectivity index (χ1n) is 5.22. The molecule has 2 amide bonds. The van der Waals surface area contributed by atoms with Crippen LogP contribution in [0.1, 0.15) is 6.92 Å². The van der Waals surface area contributed by atoms with Crippen LogP contribution in [-0.4, -0.2) is 54.9 Å². The third kappa shape index (κ3) is 9.79. The van der Waals surface area contributed by atoms with E-state index in [2.05, 4.69) is 17.1 Å². The number of nitrogens with one attached hydrogen (secondary N) is 1. The number of thioether (sulfide) groups is 1. The molecular formula is C10H20N3O2S. The van der Waals surface area contributed by atoms with Gasteiger partial charge in [-0.3, -0.25) is 9.59 Å². The molecule has 0 aliphatic carbocycles. The molecule has 0 saturated carbocycles. The van der Waals surface area contributed by atoms with E-state index in [0.717, 1.165) is 13.1 Å².